The summed E-state index contributed by atoms with van der Waals surface area (Å²) in [6.07, 6.45) is 1.78. The van der Waals surface area contributed by atoms with Crippen LogP contribution < -0.4 is 5.73 Å². The molecule has 1 saturated heterocycles. The van der Waals surface area contributed by atoms with E-state index in [0.29, 0.717) is 24.2 Å². The number of imidazole rings is 1. The predicted molar refractivity (Wildman–Crippen MR) is 138 cm³/mol. The van der Waals surface area contributed by atoms with Gasteiger partial charge in [-0.15, -0.1) is 0 Å². The summed E-state index contributed by atoms with van der Waals surface area (Å²) in [6.45, 7) is 23.0. The first-order valence-electron chi connectivity index (χ1n) is 11.6. The number of rotatable bonds is 6. The number of fused-ring (bicyclic) bond motifs is 1. The smallest absolute Gasteiger partial charge is 0.223 e. The Bertz CT molecular complexity index is 1000. The maximum Gasteiger partial charge on any atom is 0.223 e. The van der Waals surface area contributed by atoms with Gasteiger partial charge in [0.25, 0.3) is 0 Å². The van der Waals surface area contributed by atoms with Crippen LogP contribution in [0, 0.1) is 0 Å². The Morgan fingerprint density at radius 3 is 2.27 bits per heavy atom. The zero-order valence-corrected chi connectivity index (χ0v) is 24.4. The standard InChI is InChI=1S/C22H40ClN5O3Si2/c1-21(2,3)32(7,8)29-12-15-14(31-33(9,10)22(4,5)6)11-16(30-15)28-13-25-17-18(23)26-20(24)27-19(17)28/h13-16H,11-12H2,1-10H3,(H2,24,26,27)/t14-,15+,16+/m0/s1. The van der Waals surface area contributed by atoms with Crippen LogP contribution in [0.2, 0.25) is 41.4 Å². The molecule has 8 nitrogen and oxygen atoms in total. The molecule has 1 aliphatic heterocycles. The fraction of sp³-hybridized carbons (Fsp3) is 0.773. The van der Waals surface area contributed by atoms with Gasteiger partial charge in [0.2, 0.25) is 5.95 Å². The zero-order valence-electron chi connectivity index (χ0n) is 21.7. The highest BCUT2D eigenvalue weighted by molar-refractivity contribution is 6.74. The average Bonchev–Trinajstić information content (AvgIpc) is 3.21. The van der Waals surface area contributed by atoms with Crippen molar-refractivity contribution in [2.75, 3.05) is 12.3 Å². The molecule has 3 heterocycles. The SMILES string of the molecule is CC(C)(C)[Si](C)(C)OC[C@H]1O[C@@H](n2cnc3c(Cl)nc(N)nc32)C[C@@H]1O[Si](C)(C)C(C)(C)C. The zero-order chi connectivity index (χ0) is 25.0. The average molecular weight is 514 g/mol. The first kappa shape index (κ1) is 26.6. The molecular weight excluding hydrogens is 474 g/mol. The highest BCUT2D eigenvalue weighted by Crippen LogP contribution is 2.43. The van der Waals surface area contributed by atoms with Crippen molar-refractivity contribution in [2.45, 2.75) is 103 Å². The molecule has 2 N–H and O–H groups in total. The van der Waals surface area contributed by atoms with Gasteiger partial charge in [-0.2, -0.15) is 9.97 Å². The van der Waals surface area contributed by atoms with Gasteiger partial charge in [-0.25, -0.2) is 4.98 Å². The molecule has 0 aromatic carbocycles. The van der Waals surface area contributed by atoms with Gasteiger partial charge in [-0.1, -0.05) is 53.1 Å². The molecule has 0 bridgehead atoms. The lowest BCUT2D eigenvalue weighted by Crippen LogP contribution is -2.48. The molecule has 3 rings (SSSR count). The number of nitrogens with two attached hydrogens (primary N) is 1. The van der Waals surface area contributed by atoms with E-state index in [2.05, 4.69) is 82.7 Å². The van der Waals surface area contributed by atoms with Gasteiger partial charge in [-0.05, 0) is 36.3 Å². The van der Waals surface area contributed by atoms with Gasteiger partial charge in [0, 0.05) is 6.42 Å². The predicted octanol–water partition coefficient (Wildman–Crippen LogP) is 5.76. The minimum atomic E-state index is -2.03. The molecule has 2 aromatic rings. The van der Waals surface area contributed by atoms with Crippen LogP contribution in [0.15, 0.2) is 6.33 Å². The monoisotopic (exact) mass is 513 g/mol. The number of halogens is 1. The van der Waals surface area contributed by atoms with Crippen molar-refractivity contribution in [3.05, 3.63) is 11.5 Å². The van der Waals surface area contributed by atoms with Gasteiger partial charge in [0.05, 0.1) is 19.0 Å². The molecule has 0 amide bonds. The first-order valence-corrected chi connectivity index (χ1v) is 17.8. The lowest BCUT2D eigenvalue weighted by molar-refractivity contribution is -0.0383. The lowest BCUT2D eigenvalue weighted by Gasteiger charge is -2.40. The summed E-state index contributed by atoms with van der Waals surface area (Å²) in [5.41, 5.74) is 6.93. The summed E-state index contributed by atoms with van der Waals surface area (Å²) in [6, 6.07) is 0. The van der Waals surface area contributed by atoms with Gasteiger partial charge < -0.3 is 19.3 Å². The number of nitrogen functional groups attached to an aromatic ring is 1. The summed E-state index contributed by atoms with van der Waals surface area (Å²) in [5, 5.41) is 0.445. The number of hydrogen-bond donors (Lipinski definition) is 1. The molecule has 0 radical (unpaired) electrons. The fourth-order valence-corrected chi connectivity index (χ4v) is 5.91. The van der Waals surface area contributed by atoms with Crippen LogP contribution in [0.5, 0.6) is 0 Å². The first-order chi connectivity index (χ1) is 14.9. The fourth-order valence-electron chi connectivity index (χ4n) is 3.32. The van der Waals surface area contributed by atoms with E-state index in [1.54, 1.807) is 6.33 Å². The third-order valence-electron chi connectivity index (χ3n) is 7.55. The van der Waals surface area contributed by atoms with E-state index in [1.165, 1.54) is 0 Å². The molecule has 0 saturated carbocycles. The van der Waals surface area contributed by atoms with E-state index >= 15 is 0 Å². The van der Waals surface area contributed by atoms with Crippen LogP contribution in [0.3, 0.4) is 0 Å². The van der Waals surface area contributed by atoms with Crippen LogP contribution in [0.25, 0.3) is 11.2 Å². The van der Waals surface area contributed by atoms with Crippen LogP contribution in [0.4, 0.5) is 5.95 Å². The number of hydrogen-bond acceptors (Lipinski definition) is 7. The van der Waals surface area contributed by atoms with E-state index in [9.17, 15) is 0 Å². The summed E-state index contributed by atoms with van der Waals surface area (Å²) in [7, 11) is -3.97. The highest BCUT2D eigenvalue weighted by atomic mass is 35.5. The molecule has 0 spiro atoms. The van der Waals surface area contributed by atoms with Crippen molar-refractivity contribution in [2.24, 2.45) is 0 Å². The minimum Gasteiger partial charge on any atom is -0.414 e. The molecule has 0 aliphatic carbocycles. The van der Waals surface area contributed by atoms with Crippen molar-refractivity contribution in [1.29, 1.82) is 0 Å². The van der Waals surface area contributed by atoms with Crippen molar-refractivity contribution >= 4 is 45.3 Å². The summed E-state index contributed by atoms with van der Waals surface area (Å²) in [5.74, 6) is 0.110. The Hall–Kier alpha value is -1.05. The second kappa shape index (κ2) is 8.87. The Labute approximate surface area is 204 Å². The van der Waals surface area contributed by atoms with Crippen molar-refractivity contribution < 1.29 is 13.6 Å². The van der Waals surface area contributed by atoms with Crippen LogP contribution >= 0.6 is 11.6 Å². The van der Waals surface area contributed by atoms with Crippen molar-refractivity contribution in [3.63, 3.8) is 0 Å². The third-order valence-corrected chi connectivity index (χ3v) is 16.8. The second-order valence-corrected chi connectivity index (χ2v) is 22.0. The Kier molecular flexibility index (Phi) is 7.14. The summed E-state index contributed by atoms with van der Waals surface area (Å²) < 4.78 is 21.8. The third kappa shape index (κ3) is 5.46. The molecular formula is C22H40ClN5O3Si2. The van der Waals surface area contributed by atoms with Crippen LogP contribution in [0.1, 0.15) is 54.2 Å². The lowest BCUT2D eigenvalue weighted by atomic mass is 10.2. The normalized spacial score (nSPS) is 22.9. The number of aromatic nitrogens is 4. The molecule has 11 heteroatoms. The quantitative estimate of drug-likeness (QED) is 0.387. The minimum absolute atomic E-state index is 0.0900. The molecule has 1 fully saturated rings. The van der Waals surface area contributed by atoms with E-state index in [4.69, 9.17) is 30.9 Å². The number of ether oxygens (including phenoxy) is 1. The molecule has 2 aromatic heterocycles. The molecule has 1 aliphatic rings. The largest absolute Gasteiger partial charge is 0.414 e. The number of nitrogens with zero attached hydrogens (tertiary/aromatic N) is 4. The Morgan fingerprint density at radius 2 is 1.70 bits per heavy atom. The van der Waals surface area contributed by atoms with Crippen LogP contribution in [-0.4, -0.2) is 55.0 Å². The maximum absolute atomic E-state index is 6.85. The maximum atomic E-state index is 6.85. The molecule has 33 heavy (non-hydrogen) atoms. The molecule has 186 valence electrons. The second-order valence-electron chi connectivity index (χ2n) is 12.0. The Balaban J connectivity index is 1.90. The number of anilines is 1. The van der Waals surface area contributed by atoms with Gasteiger partial charge in [0.1, 0.15) is 17.8 Å². The topological polar surface area (TPSA) is 97.3 Å². The van der Waals surface area contributed by atoms with Crippen molar-refractivity contribution in [3.8, 4) is 0 Å². The van der Waals surface area contributed by atoms with E-state index in [-0.39, 0.29) is 39.6 Å². The van der Waals surface area contributed by atoms with Crippen LogP contribution in [-0.2, 0) is 13.6 Å². The van der Waals surface area contributed by atoms with E-state index in [1.807, 2.05) is 4.57 Å². The highest BCUT2D eigenvalue weighted by Gasteiger charge is 2.46. The van der Waals surface area contributed by atoms with Gasteiger partial charge in [0.15, 0.2) is 27.4 Å². The summed E-state index contributed by atoms with van der Waals surface area (Å²) in [4.78, 5) is 12.8. The van der Waals surface area contributed by atoms with Crippen molar-refractivity contribution in [1.82, 2.24) is 19.5 Å². The van der Waals surface area contributed by atoms with Gasteiger partial charge in [-0.3, -0.25) is 4.57 Å². The van der Waals surface area contributed by atoms with E-state index < -0.39 is 16.6 Å². The Morgan fingerprint density at radius 1 is 1.09 bits per heavy atom. The van der Waals surface area contributed by atoms with E-state index in [0.717, 1.165) is 0 Å². The van der Waals surface area contributed by atoms with Gasteiger partial charge >= 0.3 is 0 Å². The summed E-state index contributed by atoms with van der Waals surface area (Å²) >= 11 is 6.24. The molecule has 3 atom stereocenters. The molecule has 0 unspecified atom stereocenters.